The Balaban J connectivity index is 2.61. The van der Waals surface area contributed by atoms with E-state index in [2.05, 4.69) is 11.9 Å². The molecule has 1 aromatic heterocycles. The Labute approximate surface area is 54.5 Å². The summed E-state index contributed by atoms with van der Waals surface area (Å²) in [5.41, 5.74) is 0. The minimum Gasteiger partial charge on any atom is -0.492 e. The molecule has 0 fully saturated rings. The van der Waals surface area contributed by atoms with Crippen molar-refractivity contribution in [2.45, 2.75) is 0 Å². The van der Waals surface area contributed by atoms with E-state index in [1.165, 1.54) is 0 Å². The summed E-state index contributed by atoms with van der Waals surface area (Å²) in [6.45, 7) is 3.98. The average molecular weight is 122 g/mol. The first-order valence-electron chi connectivity index (χ1n) is 2.75. The summed E-state index contributed by atoms with van der Waals surface area (Å²) in [7, 11) is 0. The Morgan fingerprint density at radius 1 is 1.67 bits per heavy atom. The molecule has 0 aromatic carbocycles. The maximum Gasteiger partial charge on any atom is 0.137 e. The average Bonchev–Trinajstić information content (AvgIpc) is 1.91. The van der Waals surface area contributed by atoms with Gasteiger partial charge in [0.05, 0.1) is 12.8 Å². The number of aromatic nitrogens is 1. The van der Waals surface area contributed by atoms with Gasteiger partial charge in [0.15, 0.2) is 0 Å². The molecule has 0 N–H and O–H groups in total. The molecule has 0 aliphatic rings. The number of hydrogen-bond donors (Lipinski definition) is 0. The molecule has 0 aliphatic heterocycles. The van der Waals surface area contributed by atoms with E-state index in [4.69, 9.17) is 4.74 Å². The number of rotatable bonds is 2. The largest absolute Gasteiger partial charge is 0.492 e. The van der Waals surface area contributed by atoms with E-state index >= 15 is 0 Å². The lowest BCUT2D eigenvalue weighted by Crippen LogP contribution is -1.90. The van der Waals surface area contributed by atoms with E-state index in [0.29, 0.717) is 6.61 Å². The van der Waals surface area contributed by atoms with Crippen LogP contribution in [-0.4, -0.2) is 11.6 Å². The zero-order valence-corrected chi connectivity index (χ0v) is 5.08. The molecule has 9 heavy (non-hydrogen) atoms. The smallest absolute Gasteiger partial charge is 0.137 e. The van der Waals surface area contributed by atoms with E-state index in [9.17, 15) is 0 Å². The normalized spacial score (nSPS) is 9.00. The zero-order valence-electron chi connectivity index (χ0n) is 5.08. The lowest BCUT2D eigenvalue weighted by molar-refractivity contribution is 0.359. The third-order valence-corrected chi connectivity index (χ3v) is 0.903. The predicted octanol–water partition coefficient (Wildman–Crippen LogP) is 1.29. The zero-order chi connectivity index (χ0) is 6.53. The summed E-state index contributed by atoms with van der Waals surface area (Å²) in [5, 5.41) is 0. The minimum absolute atomic E-state index is 0.450. The first kappa shape index (κ1) is 6.08. The summed E-state index contributed by atoms with van der Waals surface area (Å²) in [6, 6.07) is 3.67. The van der Waals surface area contributed by atoms with Gasteiger partial charge in [-0.3, -0.25) is 4.98 Å². The van der Waals surface area contributed by atoms with Gasteiger partial charge in [0, 0.05) is 6.20 Å². The summed E-state index contributed by atoms with van der Waals surface area (Å²) < 4.78 is 5.03. The molecular weight excluding hydrogens is 114 g/mol. The van der Waals surface area contributed by atoms with Crippen LogP contribution in [0.15, 0.2) is 24.5 Å². The van der Waals surface area contributed by atoms with Gasteiger partial charge in [-0.2, -0.15) is 0 Å². The Kier molecular flexibility index (Phi) is 2.07. The van der Waals surface area contributed by atoms with Crippen molar-refractivity contribution in [2.24, 2.45) is 0 Å². The predicted molar refractivity (Wildman–Crippen MR) is 35.1 cm³/mol. The SMILES string of the molecule is [CH2]COc1cccnc1. The molecule has 0 saturated carbocycles. The minimum atomic E-state index is 0.450. The van der Waals surface area contributed by atoms with Crippen molar-refractivity contribution in [3.8, 4) is 5.75 Å². The number of pyridine rings is 1. The van der Waals surface area contributed by atoms with Crippen LogP contribution in [0.3, 0.4) is 0 Å². The molecule has 0 saturated heterocycles. The van der Waals surface area contributed by atoms with Gasteiger partial charge < -0.3 is 4.74 Å². The van der Waals surface area contributed by atoms with E-state index in [-0.39, 0.29) is 0 Å². The van der Waals surface area contributed by atoms with Crippen LogP contribution in [-0.2, 0) is 0 Å². The monoisotopic (exact) mass is 122 g/mol. The molecule has 2 heteroatoms. The highest BCUT2D eigenvalue weighted by atomic mass is 16.5. The third-order valence-electron chi connectivity index (χ3n) is 0.903. The highest BCUT2D eigenvalue weighted by molar-refractivity contribution is 5.15. The van der Waals surface area contributed by atoms with Gasteiger partial charge in [-0.05, 0) is 19.1 Å². The van der Waals surface area contributed by atoms with Crippen LogP contribution in [0.1, 0.15) is 0 Å². The molecule has 1 radical (unpaired) electrons. The molecule has 0 unspecified atom stereocenters. The second kappa shape index (κ2) is 3.07. The highest BCUT2D eigenvalue weighted by Crippen LogP contribution is 2.04. The van der Waals surface area contributed by atoms with E-state index in [1.54, 1.807) is 12.4 Å². The fourth-order valence-corrected chi connectivity index (χ4v) is 0.550. The molecule has 2 nitrogen and oxygen atoms in total. The number of nitrogens with zero attached hydrogens (tertiary/aromatic N) is 1. The first-order valence-corrected chi connectivity index (χ1v) is 2.75. The molecule has 1 heterocycles. The van der Waals surface area contributed by atoms with Gasteiger partial charge in [0.2, 0.25) is 0 Å². The van der Waals surface area contributed by atoms with Gasteiger partial charge in [-0.1, -0.05) is 0 Å². The summed E-state index contributed by atoms with van der Waals surface area (Å²) in [5.74, 6) is 0.771. The Morgan fingerprint density at radius 2 is 2.56 bits per heavy atom. The topological polar surface area (TPSA) is 22.1 Å². The lowest BCUT2D eigenvalue weighted by atomic mass is 10.5. The van der Waals surface area contributed by atoms with Crippen LogP contribution in [0.5, 0.6) is 5.75 Å². The van der Waals surface area contributed by atoms with Crippen molar-refractivity contribution in [1.82, 2.24) is 4.98 Å². The van der Waals surface area contributed by atoms with Crippen LogP contribution in [0.2, 0.25) is 0 Å². The van der Waals surface area contributed by atoms with Crippen molar-refractivity contribution in [1.29, 1.82) is 0 Å². The summed E-state index contributed by atoms with van der Waals surface area (Å²) in [6.07, 6.45) is 3.36. The molecule has 0 aliphatic carbocycles. The molecule has 1 aromatic rings. The number of ether oxygens (including phenoxy) is 1. The van der Waals surface area contributed by atoms with Crippen molar-refractivity contribution in [3.05, 3.63) is 31.5 Å². The van der Waals surface area contributed by atoms with Crippen LogP contribution in [0.4, 0.5) is 0 Å². The van der Waals surface area contributed by atoms with Crippen LogP contribution in [0.25, 0.3) is 0 Å². The Morgan fingerprint density at radius 3 is 3.11 bits per heavy atom. The van der Waals surface area contributed by atoms with Gasteiger partial charge in [-0.15, -0.1) is 0 Å². The molecular formula is C7H8NO. The lowest BCUT2D eigenvalue weighted by Gasteiger charge is -1.98. The molecule has 0 bridgehead atoms. The molecule has 0 amide bonds. The highest BCUT2D eigenvalue weighted by Gasteiger charge is 1.85. The van der Waals surface area contributed by atoms with Gasteiger partial charge in [0.25, 0.3) is 0 Å². The fourth-order valence-electron chi connectivity index (χ4n) is 0.550. The van der Waals surface area contributed by atoms with Crippen molar-refractivity contribution >= 4 is 0 Å². The van der Waals surface area contributed by atoms with E-state index in [0.717, 1.165) is 5.75 Å². The van der Waals surface area contributed by atoms with Crippen LogP contribution >= 0.6 is 0 Å². The standard InChI is InChI=1S/C7H8NO/c1-2-9-7-4-3-5-8-6-7/h3-6H,1-2H2. The molecule has 0 spiro atoms. The number of hydrogen-bond acceptors (Lipinski definition) is 2. The van der Waals surface area contributed by atoms with Gasteiger partial charge in [0.1, 0.15) is 5.75 Å². The third kappa shape index (κ3) is 1.72. The molecule has 0 atom stereocenters. The van der Waals surface area contributed by atoms with Crippen molar-refractivity contribution < 1.29 is 4.74 Å². The first-order chi connectivity index (χ1) is 4.43. The van der Waals surface area contributed by atoms with Gasteiger partial charge in [-0.25, -0.2) is 0 Å². The second-order valence-corrected chi connectivity index (χ2v) is 1.54. The van der Waals surface area contributed by atoms with E-state index < -0.39 is 0 Å². The summed E-state index contributed by atoms with van der Waals surface area (Å²) >= 11 is 0. The van der Waals surface area contributed by atoms with Gasteiger partial charge >= 0.3 is 0 Å². The maximum absolute atomic E-state index is 5.03. The molecule has 1 rings (SSSR count). The van der Waals surface area contributed by atoms with E-state index in [1.807, 2.05) is 12.1 Å². The second-order valence-electron chi connectivity index (χ2n) is 1.54. The van der Waals surface area contributed by atoms with Crippen LogP contribution in [0, 0.1) is 6.92 Å². The Hall–Kier alpha value is -1.05. The Bertz CT molecular complexity index is 162. The van der Waals surface area contributed by atoms with Crippen molar-refractivity contribution in [2.75, 3.05) is 6.61 Å². The maximum atomic E-state index is 5.03. The van der Waals surface area contributed by atoms with Crippen molar-refractivity contribution in [3.63, 3.8) is 0 Å². The summed E-state index contributed by atoms with van der Waals surface area (Å²) in [4.78, 5) is 3.85. The fraction of sp³-hybridized carbons (Fsp3) is 0.143. The van der Waals surface area contributed by atoms with Crippen LogP contribution < -0.4 is 4.74 Å². The molecule has 47 valence electrons. The quantitative estimate of drug-likeness (QED) is 0.589.